The van der Waals surface area contributed by atoms with E-state index in [0.717, 1.165) is 51.8 Å². The van der Waals surface area contributed by atoms with Gasteiger partial charge in [0.1, 0.15) is 18.1 Å². The lowest BCUT2D eigenvalue weighted by Crippen LogP contribution is -2.29. The minimum Gasteiger partial charge on any atom is -0.491 e. The summed E-state index contributed by atoms with van der Waals surface area (Å²) in [6, 6.07) is 9.31. The van der Waals surface area contributed by atoms with E-state index in [4.69, 9.17) is 15.2 Å². The van der Waals surface area contributed by atoms with Crippen molar-refractivity contribution in [2.75, 3.05) is 6.61 Å². The van der Waals surface area contributed by atoms with E-state index >= 15 is 4.39 Å². The molecule has 5 nitrogen and oxygen atoms in total. The molecule has 2 aromatic carbocycles. The topological polar surface area (TPSA) is 73.2 Å². The normalized spacial score (nSPS) is 15.0. The number of H-pyrrole nitrogens is 1. The maximum absolute atomic E-state index is 15.2. The third kappa shape index (κ3) is 3.27. The Morgan fingerprint density at radius 3 is 2.63 bits per heavy atom. The Labute approximate surface area is 174 Å². The summed E-state index contributed by atoms with van der Waals surface area (Å²) in [5.74, 6) is 1.18. The Hall–Kier alpha value is -3.12. The number of ether oxygens (including phenoxy) is 2. The average molecular weight is 405 g/mol. The van der Waals surface area contributed by atoms with Gasteiger partial charge in [0, 0.05) is 34.2 Å². The number of rotatable bonds is 5. The summed E-state index contributed by atoms with van der Waals surface area (Å²) < 4.78 is 27.2. The lowest BCUT2D eigenvalue weighted by molar-refractivity contribution is 0.278. The Kier molecular flexibility index (Phi) is 4.22. The van der Waals surface area contributed by atoms with Gasteiger partial charge in [-0.25, -0.2) is 4.39 Å². The molecule has 0 aliphatic heterocycles. The first-order valence-electron chi connectivity index (χ1n) is 10.1. The number of halogens is 1. The number of aromatic amines is 1. The first-order chi connectivity index (χ1) is 14.3. The largest absolute Gasteiger partial charge is 0.491 e. The van der Waals surface area contributed by atoms with Crippen LogP contribution in [0.3, 0.4) is 0 Å². The predicted molar refractivity (Wildman–Crippen MR) is 116 cm³/mol. The van der Waals surface area contributed by atoms with Gasteiger partial charge in [-0.05, 0) is 69.0 Å². The zero-order valence-electron chi connectivity index (χ0n) is 17.3. The van der Waals surface area contributed by atoms with Crippen molar-refractivity contribution in [2.24, 2.45) is 5.73 Å². The van der Waals surface area contributed by atoms with Gasteiger partial charge in [0.2, 0.25) is 0 Å². The fourth-order valence-corrected chi connectivity index (χ4v) is 3.75. The standard InChI is InChI=1S/C24H24FN3O2/c1-13-8-16-18(11-21(13)29-12-24(26)5-6-24)27-7-4-20(16)30-23-14(2)9-19-17(22(23)25)10-15(3)28-19/h4,7-11,28H,5-6,12,26H2,1-3H3. The molecule has 154 valence electrons. The van der Waals surface area contributed by atoms with Crippen LogP contribution in [0.15, 0.2) is 36.5 Å². The summed E-state index contributed by atoms with van der Waals surface area (Å²) in [6.45, 7) is 6.22. The van der Waals surface area contributed by atoms with Crippen molar-refractivity contribution in [3.05, 3.63) is 59.2 Å². The number of nitrogens with zero attached hydrogens (tertiary/aromatic N) is 1. The average Bonchev–Trinajstić information content (AvgIpc) is 3.32. The number of aromatic nitrogens is 2. The second-order valence-corrected chi connectivity index (χ2v) is 8.45. The highest BCUT2D eigenvalue weighted by atomic mass is 19.1. The Balaban J connectivity index is 1.53. The van der Waals surface area contributed by atoms with Gasteiger partial charge in [0.05, 0.1) is 11.1 Å². The molecule has 0 amide bonds. The van der Waals surface area contributed by atoms with Crippen LogP contribution in [0.25, 0.3) is 21.8 Å². The van der Waals surface area contributed by atoms with Gasteiger partial charge in [-0.1, -0.05) is 0 Å². The van der Waals surface area contributed by atoms with Gasteiger partial charge in [-0.15, -0.1) is 0 Å². The highest BCUT2D eigenvalue weighted by molar-refractivity contribution is 5.88. The molecule has 1 fully saturated rings. The lowest BCUT2D eigenvalue weighted by Gasteiger charge is -2.16. The maximum atomic E-state index is 15.2. The fourth-order valence-electron chi connectivity index (χ4n) is 3.75. The zero-order valence-corrected chi connectivity index (χ0v) is 17.3. The molecule has 0 radical (unpaired) electrons. The Morgan fingerprint density at radius 1 is 1.07 bits per heavy atom. The maximum Gasteiger partial charge on any atom is 0.175 e. The molecule has 2 aromatic heterocycles. The second kappa shape index (κ2) is 6.71. The molecule has 0 unspecified atom stereocenters. The van der Waals surface area contributed by atoms with E-state index in [-0.39, 0.29) is 17.1 Å². The van der Waals surface area contributed by atoms with Crippen LogP contribution in [0.1, 0.15) is 29.7 Å². The van der Waals surface area contributed by atoms with Crippen LogP contribution in [-0.4, -0.2) is 22.1 Å². The molecule has 1 saturated carbocycles. The minimum absolute atomic E-state index is 0.190. The first-order valence-corrected chi connectivity index (χ1v) is 10.1. The fraction of sp³-hybridized carbons (Fsp3) is 0.292. The molecular weight excluding hydrogens is 381 g/mol. The number of nitrogens with one attached hydrogen (secondary N) is 1. The number of fused-ring (bicyclic) bond motifs is 2. The number of benzene rings is 2. The van der Waals surface area contributed by atoms with Crippen molar-refractivity contribution in [2.45, 2.75) is 39.2 Å². The number of hydrogen-bond donors (Lipinski definition) is 2. The van der Waals surface area contributed by atoms with Crippen molar-refractivity contribution in [3.63, 3.8) is 0 Å². The number of pyridine rings is 1. The molecule has 0 atom stereocenters. The molecular formula is C24H24FN3O2. The van der Waals surface area contributed by atoms with Gasteiger partial charge in [0.25, 0.3) is 0 Å². The van der Waals surface area contributed by atoms with E-state index in [1.54, 1.807) is 18.3 Å². The van der Waals surface area contributed by atoms with Crippen LogP contribution < -0.4 is 15.2 Å². The first kappa shape index (κ1) is 18.9. The highest BCUT2D eigenvalue weighted by Gasteiger charge is 2.39. The third-order valence-corrected chi connectivity index (χ3v) is 5.76. The quantitative estimate of drug-likeness (QED) is 0.463. The van der Waals surface area contributed by atoms with Crippen LogP contribution in [-0.2, 0) is 0 Å². The summed E-state index contributed by atoms with van der Waals surface area (Å²) in [5.41, 5.74) is 10.0. The molecule has 6 heteroatoms. The highest BCUT2D eigenvalue weighted by Crippen LogP contribution is 2.38. The van der Waals surface area contributed by atoms with E-state index < -0.39 is 0 Å². The third-order valence-electron chi connectivity index (χ3n) is 5.76. The molecule has 5 rings (SSSR count). The van der Waals surface area contributed by atoms with Gasteiger partial charge in [-0.2, -0.15) is 0 Å². The molecule has 30 heavy (non-hydrogen) atoms. The van der Waals surface area contributed by atoms with Crippen molar-refractivity contribution in [1.29, 1.82) is 0 Å². The van der Waals surface area contributed by atoms with E-state index in [1.807, 2.05) is 39.0 Å². The molecule has 0 saturated heterocycles. The van der Waals surface area contributed by atoms with Gasteiger partial charge in [0.15, 0.2) is 11.6 Å². The van der Waals surface area contributed by atoms with E-state index in [1.165, 1.54) is 0 Å². The van der Waals surface area contributed by atoms with Crippen LogP contribution in [0.5, 0.6) is 17.2 Å². The summed E-state index contributed by atoms with van der Waals surface area (Å²) in [4.78, 5) is 7.63. The molecule has 2 heterocycles. The Bertz CT molecular complexity index is 1290. The second-order valence-electron chi connectivity index (χ2n) is 8.45. The summed E-state index contributed by atoms with van der Waals surface area (Å²) in [6.07, 6.45) is 3.64. The number of hydrogen-bond acceptors (Lipinski definition) is 4. The lowest BCUT2D eigenvalue weighted by atomic mass is 10.1. The predicted octanol–water partition coefficient (Wildman–Crippen LogP) is 5.44. The summed E-state index contributed by atoms with van der Waals surface area (Å²) in [7, 11) is 0. The molecule has 3 N–H and O–H groups in total. The minimum atomic E-state index is -0.367. The van der Waals surface area contributed by atoms with Crippen LogP contribution in [0.4, 0.5) is 4.39 Å². The van der Waals surface area contributed by atoms with Gasteiger partial charge in [-0.3, -0.25) is 4.98 Å². The smallest absolute Gasteiger partial charge is 0.175 e. The molecule has 0 bridgehead atoms. The molecule has 0 spiro atoms. The van der Waals surface area contributed by atoms with Crippen molar-refractivity contribution in [1.82, 2.24) is 9.97 Å². The summed E-state index contributed by atoms with van der Waals surface area (Å²) >= 11 is 0. The van der Waals surface area contributed by atoms with Gasteiger partial charge >= 0.3 is 0 Å². The van der Waals surface area contributed by atoms with Crippen LogP contribution in [0, 0.1) is 26.6 Å². The number of nitrogens with two attached hydrogens (primary N) is 1. The van der Waals surface area contributed by atoms with E-state index in [9.17, 15) is 0 Å². The van der Waals surface area contributed by atoms with Crippen LogP contribution >= 0.6 is 0 Å². The van der Waals surface area contributed by atoms with Crippen molar-refractivity contribution < 1.29 is 13.9 Å². The molecule has 4 aromatic rings. The van der Waals surface area contributed by atoms with Crippen molar-refractivity contribution >= 4 is 21.8 Å². The van der Waals surface area contributed by atoms with Crippen LogP contribution in [0.2, 0.25) is 0 Å². The Morgan fingerprint density at radius 2 is 1.87 bits per heavy atom. The number of aryl methyl sites for hydroxylation is 3. The SMILES string of the molecule is Cc1cc2c(F)c(Oc3ccnc4cc(OCC5(N)CC5)c(C)cc34)c(C)cc2[nH]1. The van der Waals surface area contributed by atoms with Crippen molar-refractivity contribution in [3.8, 4) is 17.2 Å². The summed E-state index contributed by atoms with van der Waals surface area (Å²) in [5, 5.41) is 1.33. The van der Waals surface area contributed by atoms with E-state index in [2.05, 4.69) is 9.97 Å². The van der Waals surface area contributed by atoms with Gasteiger partial charge < -0.3 is 20.2 Å². The zero-order chi connectivity index (χ0) is 21.0. The van der Waals surface area contributed by atoms with E-state index in [0.29, 0.717) is 17.7 Å². The molecule has 1 aliphatic carbocycles. The monoisotopic (exact) mass is 405 g/mol. The molecule has 1 aliphatic rings.